The first-order valence-corrected chi connectivity index (χ1v) is 15.3. The number of nitrogens with one attached hydrogen (secondary N) is 3. The zero-order valence-electron chi connectivity index (χ0n) is 26.3. The van der Waals surface area contributed by atoms with Crippen LogP contribution in [0.2, 0.25) is 0 Å². The highest BCUT2D eigenvalue weighted by molar-refractivity contribution is 6.00. The van der Waals surface area contributed by atoms with Crippen LogP contribution < -0.4 is 39.6 Å². The quantitative estimate of drug-likeness (QED) is 0.296. The van der Waals surface area contributed by atoms with Crippen molar-refractivity contribution in [1.82, 2.24) is 9.80 Å². The minimum atomic E-state index is -0.520. The van der Waals surface area contributed by atoms with E-state index >= 15 is 0 Å². The number of hydrogen-bond acceptors (Lipinski definition) is 9. The molecule has 248 valence electrons. The van der Waals surface area contributed by atoms with Gasteiger partial charge in [-0.15, -0.1) is 0 Å². The standard InChI is InChI=1S/C33H37N5O9/c1-19-14-38(20(2)16-39)31(40)11-21-10-22(34-32(41)35-23-5-8-26-28(12-23)45-17-43-26)4-7-25(21)47-30(19)15-37(3)33(42)36-24-6-9-27-29(13-24)46-18-44-27/h4-10,12-13,19-20,30,39H,11,14-18H2,1-3H3,(H,36,42)(H2,34,35,41)/t19-,20-,30-/m0/s1. The van der Waals surface area contributed by atoms with Crippen molar-refractivity contribution in [3.63, 3.8) is 0 Å². The number of ether oxygens (including phenoxy) is 5. The maximum atomic E-state index is 13.6. The largest absolute Gasteiger partial charge is 0.488 e. The second-order valence-corrected chi connectivity index (χ2v) is 11.7. The number of aliphatic hydroxyl groups is 1. The van der Waals surface area contributed by atoms with Crippen molar-refractivity contribution in [1.29, 1.82) is 0 Å². The van der Waals surface area contributed by atoms with E-state index in [4.69, 9.17) is 23.7 Å². The number of urea groups is 2. The second-order valence-electron chi connectivity index (χ2n) is 11.7. The Morgan fingerprint density at radius 1 is 0.872 bits per heavy atom. The van der Waals surface area contributed by atoms with Crippen molar-refractivity contribution >= 4 is 35.0 Å². The molecule has 3 atom stereocenters. The molecule has 47 heavy (non-hydrogen) atoms. The Balaban J connectivity index is 1.18. The van der Waals surface area contributed by atoms with Crippen LogP contribution >= 0.6 is 0 Å². The highest BCUT2D eigenvalue weighted by Gasteiger charge is 2.32. The van der Waals surface area contributed by atoms with Crippen LogP contribution in [-0.2, 0) is 11.2 Å². The van der Waals surface area contributed by atoms with Gasteiger partial charge in [-0.2, -0.15) is 0 Å². The van der Waals surface area contributed by atoms with E-state index in [9.17, 15) is 19.5 Å². The molecule has 0 saturated heterocycles. The lowest BCUT2D eigenvalue weighted by Gasteiger charge is -2.34. The minimum Gasteiger partial charge on any atom is -0.488 e. The Bertz CT molecular complexity index is 1670. The zero-order chi connectivity index (χ0) is 33.1. The minimum absolute atomic E-state index is 0.0150. The molecule has 0 saturated carbocycles. The zero-order valence-corrected chi connectivity index (χ0v) is 26.3. The molecule has 14 heteroatoms. The predicted molar refractivity (Wildman–Crippen MR) is 171 cm³/mol. The number of benzene rings is 3. The molecule has 0 fully saturated rings. The van der Waals surface area contributed by atoms with Gasteiger partial charge in [0.05, 0.1) is 25.6 Å². The van der Waals surface area contributed by atoms with E-state index in [1.807, 2.05) is 6.92 Å². The molecular formula is C33H37N5O9. The van der Waals surface area contributed by atoms with Crippen LogP contribution in [0.3, 0.4) is 0 Å². The summed E-state index contributed by atoms with van der Waals surface area (Å²) in [5.74, 6) is 2.36. The predicted octanol–water partition coefficient (Wildman–Crippen LogP) is 4.10. The van der Waals surface area contributed by atoms with E-state index in [0.29, 0.717) is 57.9 Å². The highest BCUT2D eigenvalue weighted by atomic mass is 16.7. The number of likely N-dealkylation sites (N-methyl/N-ethyl adjacent to an activating group) is 1. The summed E-state index contributed by atoms with van der Waals surface area (Å²) >= 11 is 0. The summed E-state index contributed by atoms with van der Waals surface area (Å²) in [5, 5.41) is 18.4. The van der Waals surface area contributed by atoms with Gasteiger partial charge in [0.15, 0.2) is 23.0 Å². The third-order valence-electron chi connectivity index (χ3n) is 8.23. The van der Waals surface area contributed by atoms with Gasteiger partial charge in [0.2, 0.25) is 19.5 Å². The summed E-state index contributed by atoms with van der Waals surface area (Å²) in [6, 6.07) is 14.0. The summed E-state index contributed by atoms with van der Waals surface area (Å²) < 4.78 is 28.0. The third kappa shape index (κ3) is 7.22. The average Bonchev–Trinajstić information content (AvgIpc) is 3.73. The van der Waals surface area contributed by atoms with E-state index in [0.717, 1.165) is 0 Å². The number of hydrogen-bond donors (Lipinski definition) is 4. The molecule has 3 heterocycles. The second kappa shape index (κ2) is 13.5. The molecule has 0 aliphatic carbocycles. The molecule has 3 aliphatic rings. The fourth-order valence-corrected chi connectivity index (χ4v) is 5.54. The van der Waals surface area contributed by atoms with Crippen molar-refractivity contribution in [3.05, 3.63) is 60.2 Å². The van der Waals surface area contributed by atoms with Crippen molar-refractivity contribution < 1.29 is 43.2 Å². The van der Waals surface area contributed by atoms with Gasteiger partial charge in [-0.3, -0.25) is 4.79 Å². The van der Waals surface area contributed by atoms with Gasteiger partial charge in [-0.25, -0.2) is 9.59 Å². The maximum Gasteiger partial charge on any atom is 0.323 e. The van der Waals surface area contributed by atoms with E-state index < -0.39 is 18.2 Å². The van der Waals surface area contributed by atoms with Crippen LogP contribution in [0.5, 0.6) is 28.7 Å². The Kier molecular flexibility index (Phi) is 9.11. The molecule has 0 unspecified atom stereocenters. The topological polar surface area (TPSA) is 160 Å². The van der Waals surface area contributed by atoms with Gasteiger partial charge in [0, 0.05) is 54.3 Å². The molecule has 6 rings (SSSR count). The molecular weight excluding hydrogens is 610 g/mol. The van der Waals surface area contributed by atoms with Crippen LogP contribution in [0, 0.1) is 5.92 Å². The SMILES string of the molecule is C[C@H]1CN([C@@H](C)CO)C(=O)Cc2cc(NC(=O)Nc3ccc4c(c3)OCO4)ccc2O[C@H]1CN(C)C(=O)Nc1ccc2c(c1)OCO2. The first-order chi connectivity index (χ1) is 22.7. The summed E-state index contributed by atoms with van der Waals surface area (Å²) in [6.45, 7) is 4.27. The first kappa shape index (κ1) is 31.6. The number of rotatable bonds is 7. The van der Waals surface area contributed by atoms with E-state index in [-0.39, 0.29) is 51.0 Å². The fourth-order valence-electron chi connectivity index (χ4n) is 5.54. The Hall–Kier alpha value is -5.37. The van der Waals surface area contributed by atoms with Gasteiger partial charge >= 0.3 is 12.1 Å². The van der Waals surface area contributed by atoms with Crippen molar-refractivity contribution in [2.24, 2.45) is 5.92 Å². The summed E-state index contributed by atoms with van der Waals surface area (Å²) in [7, 11) is 1.66. The van der Waals surface area contributed by atoms with Crippen molar-refractivity contribution in [2.45, 2.75) is 32.4 Å². The number of carbonyl (C=O) groups is 3. The van der Waals surface area contributed by atoms with Crippen molar-refractivity contribution in [2.75, 3.05) is 56.3 Å². The fraction of sp³-hybridized carbons (Fsp3) is 0.364. The maximum absolute atomic E-state index is 13.6. The lowest BCUT2D eigenvalue weighted by Crippen LogP contribution is -2.48. The van der Waals surface area contributed by atoms with Gasteiger partial charge < -0.3 is 54.5 Å². The van der Waals surface area contributed by atoms with E-state index in [1.165, 1.54) is 4.90 Å². The van der Waals surface area contributed by atoms with Crippen LogP contribution in [0.15, 0.2) is 54.6 Å². The lowest BCUT2D eigenvalue weighted by molar-refractivity contribution is -0.134. The Morgan fingerprint density at radius 3 is 2.04 bits per heavy atom. The summed E-state index contributed by atoms with van der Waals surface area (Å²) in [5.41, 5.74) is 2.07. The Morgan fingerprint density at radius 2 is 1.43 bits per heavy atom. The monoisotopic (exact) mass is 647 g/mol. The smallest absolute Gasteiger partial charge is 0.323 e. The van der Waals surface area contributed by atoms with Crippen LogP contribution in [-0.4, -0.2) is 85.4 Å². The molecule has 4 N–H and O–H groups in total. The normalized spacial score (nSPS) is 18.6. The third-order valence-corrected chi connectivity index (χ3v) is 8.23. The lowest BCUT2D eigenvalue weighted by atomic mass is 10.0. The summed E-state index contributed by atoms with van der Waals surface area (Å²) in [6.07, 6.45) is -0.535. The molecule has 5 amide bonds. The molecule has 0 spiro atoms. The van der Waals surface area contributed by atoms with Gasteiger partial charge in [-0.1, -0.05) is 6.92 Å². The summed E-state index contributed by atoms with van der Waals surface area (Å²) in [4.78, 5) is 42.8. The van der Waals surface area contributed by atoms with Gasteiger partial charge in [0.25, 0.3) is 0 Å². The molecule has 3 aromatic rings. The van der Waals surface area contributed by atoms with E-state index in [2.05, 4.69) is 16.0 Å². The molecule has 0 radical (unpaired) electrons. The Labute approximate surface area is 271 Å². The van der Waals surface area contributed by atoms with Gasteiger partial charge in [0.1, 0.15) is 11.9 Å². The first-order valence-electron chi connectivity index (χ1n) is 15.3. The van der Waals surface area contributed by atoms with Crippen LogP contribution in [0.1, 0.15) is 19.4 Å². The molecule has 0 bridgehead atoms. The number of anilines is 3. The number of aliphatic hydroxyl groups excluding tert-OH is 1. The number of carbonyl (C=O) groups excluding carboxylic acids is 3. The highest BCUT2D eigenvalue weighted by Crippen LogP contribution is 2.36. The molecule has 14 nitrogen and oxygen atoms in total. The van der Waals surface area contributed by atoms with Gasteiger partial charge in [-0.05, 0) is 49.4 Å². The molecule has 3 aliphatic heterocycles. The van der Waals surface area contributed by atoms with Crippen LogP contribution in [0.25, 0.3) is 0 Å². The van der Waals surface area contributed by atoms with E-state index in [1.54, 1.807) is 73.5 Å². The number of fused-ring (bicyclic) bond motifs is 3. The van der Waals surface area contributed by atoms with Crippen molar-refractivity contribution in [3.8, 4) is 28.7 Å². The average molecular weight is 648 g/mol. The molecule has 3 aromatic carbocycles. The number of amides is 5. The van der Waals surface area contributed by atoms with Crippen LogP contribution in [0.4, 0.5) is 26.7 Å². The number of nitrogens with zero attached hydrogens (tertiary/aromatic N) is 2. The molecule has 0 aromatic heterocycles.